The van der Waals surface area contributed by atoms with Crippen molar-refractivity contribution in [2.75, 3.05) is 0 Å². The first-order chi connectivity index (χ1) is 29.7. The topological polar surface area (TPSA) is 38.7 Å². The number of hydrogen-bond acceptors (Lipinski definition) is 4. The lowest BCUT2D eigenvalue weighted by Gasteiger charge is -2.40. The third kappa shape index (κ3) is 5.42. The van der Waals surface area contributed by atoms with E-state index in [-0.39, 0.29) is 0 Å². The third-order valence-corrected chi connectivity index (χ3v) is 13.4. The zero-order valence-electron chi connectivity index (χ0n) is 32.5. The van der Waals surface area contributed by atoms with Gasteiger partial charge in [-0.1, -0.05) is 182 Å². The van der Waals surface area contributed by atoms with Gasteiger partial charge >= 0.3 is 0 Å². The second-order valence-electron chi connectivity index (χ2n) is 15.5. The summed E-state index contributed by atoms with van der Waals surface area (Å²) < 4.78 is 0. The summed E-state index contributed by atoms with van der Waals surface area (Å²) in [6.45, 7) is 0. The molecule has 0 atom stereocenters. The van der Waals surface area contributed by atoms with E-state index in [1.54, 1.807) is 0 Å². The molecule has 0 unspecified atom stereocenters. The van der Waals surface area contributed by atoms with Crippen LogP contribution < -0.4 is 0 Å². The quantitative estimate of drug-likeness (QED) is 0.174. The molecule has 0 saturated carbocycles. The molecule has 0 radical (unpaired) electrons. The fourth-order valence-electron chi connectivity index (χ4n) is 9.49. The fourth-order valence-corrected chi connectivity index (χ4v) is 10.6. The van der Waals surface area contributed by atoms with Gasteiger partial charge in [0.15, 0.2) is 5.82 Å². The molecule has 8 aromatic carbocycles. The molecule has 0 fully saturated rings. The van der Waals surface area contributed by atoms with Crippen molar-refractivity contribution in [2.45, 2.75) is 15.2 Å². The highest BCUT2D eigenvalue weighted by atomic mass is 32.2. The van der Waals surface area contributed by atoms with E-state index in [1.807, 2.05) is 36.2 Å². The predicted molar refractivity (Wildman–Crippen MR) is 246 cm³/mol. The molecule has 2 aliphatic rings. The molecule has 60 heavy (non-hydrogen) atoms. The Kier molecular flexibility index (Phi) is 8.00. The summed E-state index contributed by atoms with van der Waals surface area (Å²) in [6.07, 6.45) is 1.87. The van der Waals surface area contributed by atoms with Crippen LogP contribution in [0.3, 0.4) is 0 Å². The van der Waals surface area contributed by atoms with Crippen LogP contribution in [0.1, 0.15) is 22.3 Å². The van der Waals surface area contributed by atoms with Crippen molar-refractivity contribution in [3.8, 4) is 67.3 Å². The van der Waals surface area contributed by atoms with Gasteiger partial charge in [-0.3, -0.25) is 4.98 Å². The Bertz CT molecular complexity index is 3180. The summed E-state index contributed by atoms with van der Waals surface area (Å²) in [5, 5.41) is 1.14. The molecular weight excluding hydrogens is 747 g/mol. The van der Waals surface area contributed by atoms with Crippen LogP contribution in [-0.2, 0) is 5.41 Å². The predicted octanol–water partition coefficient (Wildman–Crippen LogP) is 14.2. The van der Waals surface area contributed by atoms with Crippen molar-refractivity contribution < 1.29 is 0 Å². The second kappa shape index (κ2) is 13.9. The average molecular weight is 782 g/mol. The van der Waals surface area contributed by atoms with Crippen molar-refractivity contribution in [2.24, 2.45) is 0 Å². The van der Waals surface area contributed by atoms with Crippen LogP contribution in [0.15, 0.2) is 222 Å². The summed E-state index contributed by atoms with van der Waals surface area (Å²) in [6, 6.07) is 74.4. The lowest BCUT2D eigenvalue weighted by atomic mass is 9.66. The molecule has 4 heteroatoms. The van der Waals surface area contributed by atoms with E-state index >= 15 is 0 Å². The molecule has 280 valence electrons. The van der Waals surface area contributed by atoms with Gasteiger partial charge < -0.3 is 0 Å². The summed E-state index contributed by atoms with van der Waals surface area (Å²) in [5.74, 6) is 0.707. The molecule has 12 rings (SSSR count). The number of nitrogens with zero attached hydrogens (tertiary/aromatic N) is 3. The first-order valence-electron chi connectivity index (χ1n) is 20.3. The van der Waals surface area contributed by atoms with Gasteiger partial charge in [0.25, 0.3) is 0 Å². The van der Waals surface area contributed by atoms with E-state index < -0.39 is 5.41 Å². The number of aromatic nitrogens is 3. The molecule has 0 amide bonds. The van der Waals surface area contributed by atoms with Gasteiger partial charge in [0.1, 0.15) is 0 Å². The maximum absolute atomic E-state index is 5.27. The standard InChI is InChI=1S/C56H35N3S/c1-3-13-38(14-4-1)50-35-51(39-15-5-2-6-16-39)59-55(58-50)42-29-31-53-49(34-42)56(46-22-9-7-19-44(46)45-20-8-10-23-47(45)56)48-33-41(28-30-52(48)60-53)36-24-26-37(27-25-36)43-21-11-17-40-18-12-32-57-54(40)43/h1-35H. The summed E-state index contributed by atoms with van der Waals surface area (Å²) in [4.78, 5) is 17.8. The lowest BCUT2D eigenvalue weighted by molar-refractivity contribution is 0.723. The molecule has 1 spiro atoms. The molecular formula is C56H35N3S. The normalized spacial score (nSPS) is 13.1. The molecule has 1 aliphatic carbocycles. The number of pyridine rings is 1. The van der Waals surface area contributed by atoms with Crippen LogP contribution in [0.2, 0.25) is 0 Å². The van der Waals surface area contributed by atoms with Crippen LogP contribution in [0.5, 0.6) is 0 Å². The van der Waals surface area contributed by atoms with E-state index in [1.165, 1.54) is 54.3 Å². The summed E-state index contributed by atoms with van der Waals surface area (Å²) in [5.41, 5.74) is 17.7. The van der Waals surface area contributed by atoms with Crippen molar-refractivity contribution in [1.29, 1.82) is 0 Å². The Morgan fingerprint density at radius 3 is 1.52 bits per heavy atom. The van der Waals surface area contributed by atoms with E-state index in [0.717, 1.165) is 50.1 Å². The molecule has 1 aliphatic heterocycles. The van der Waals surface area contributed by atoms with Crippen LogP contribution in [-0.4, -0.2) is 15.0 Å². The molecule has 0 saturated heterocycles. The maximum atomic E-state index is 5.27. The number of benzene rings is 8. The lowest BCUT2D eigenvalue weighted by Crippen LogP contribution is -2.32. The zero-order valence-corrected chi connectivity index (χ0v) is 33.3. The van der Waals surface area contributed by atoms with Crippen molar-refractivity contribution in [3.63, 3.8) is 0 Å². The molecule has 0 N–H and O–H groups in total. The zero-order chi connectivity index (χ0) is 39.6. The monoisotopic (exact) mass is 781 g/mol. The van der Waals surface area contributed by atoms with Crippen LogP contribution in [0, 0.1) is 0 Å². The number of para-hydroxylation sites is 1. The van der Waals surface area contributed by atoms with Gasteiger partial charge in [-0.15, -0.1) is 0 Å². The van der Waals surface area contributed by atoms with Gasteiger partial charge in [0.05, 0.1) is 22.3 Å². The molecule has 3 nitrogen and oxygen atoms in total. The van der Waals surface area contributed by atoms with E-state index in [4.69, 9.17) is 15.0 Å². The van der Waals surface area contributed by atoms with Crippen LogP contribution in [0.4, 0.5) is 0 Å². The number of fused-ring (bicyclic) bond motifs is 10. The van der Waals surface area contributed by atoms with Gasteiger partial charge in [-0.05, 0) is 86.5 Å². The number of hydrogen-bond donors (Lipinski definition) is 0. The minimum absolute atomic E-state index is 0.566. The van der Waals surface area contributed by atoms with Gasteiger partial charge in [0, 0.05) is 43.6 Å². The minimum atomic E-state index is -0.566. The van der Waals surface area contributed by atoms with Gasteiger partial charge in [-0.25, -0.2) is 9.97 Å². The van der Waals surface area contributed by atoms with Crippen molar-refractivity contribution >= 4 is 22.7 Å². The Labute approximate surface area is 353 Å². The molecule has 0 bridgehead atoms. The highest BCUT2D eigenvalue weighted by Gasteiger charge is 2.50. The van der Waals surface area contributed by atoms with Gasteiger partial charge in [0.2, 0.25) is 0 Å². The largest absolute Gasteiger partial charge is 0.256 e. The van der Waals surface area contributed by atoms with Gasteiger partial charge in [-0.2, -0.15) is 0 Å². The fraction of sp³-hybridized carbons (Fsp3) is 0.0179. The van der Waals surface area contributed by atoms with E-state index in [9.17, 15) is 0 Å². The molecule has 10 aromatic rings. The smallest absolute Gasteiger partial charge is 0.160 e. The molecule has 3 heterocycles. The number of rotatable bonds is 5. The van der Waals surface area contributed by atoms with Crippen LogP contribution in [0.25, 0.3) is 78.2 Å². The second-order valence-corrected chi connectivity index (χ2v) is 16.6. The minimum Gasteiger partial charge on any atom is -0.256 e. The Balaban J connectivity index is 1.05. The SMILES string of the molecule is c1ccc(-c2cc(-c3ccccc3)nc(-c3ccc4c(c3)C3(c5cc(-c6ccc(-c7cccc8cccnc78)cc6)ccc5S4)c4ccccc4-c4ccccc43)n2)cc1. The highest BCUT2D eigenvalue weighted by Crippen LogP contribution is 2.62. The Hall–Kier alpha value is -7.40. The Morgan fingerprint density at radius 2 is 0.867 bits per heavy atom. The molecule has 2 aromatic heterocycles. The van der Waals surface area contributed by atoms with Crippen molar-refractivity contribution in [3.05, 3.63) is 235 Å². The first kappa shape index (κ1) is 34.6. The first-order valence-corrected chi connectivity index (χ1v) is 21.2. The summed E-state index contributed by atoms with van der Waals surface area (Å²) >= 11 is 1.85. The maximum Gasteiger partial charge on any atom is 0.160 e. The Morgan fingerprint density at radius 1 is 0.350 bits per heavy atom. The average Bonchev–Trinajstić information content (AvgIpc) is 3.62. The third-order valence-electron chi connectivity index (χ3n) is 12.2. The van der Waals surface area contributed by atoms with Crippen molar-refractivity contribution in [1.82, 2.24) is 15.0 Å². The highest BCUT2D eigenvalue weighted by molar-refractivity contribution is 7.99. The summed E-state index contributed by atoms with van der Waals surface area (Å²) in [7, 11) is 0. The van der Waals surface area contributed by atoms with Crippen LogP contribution >= 0.6 is 11.8 Å². The van der Waals surface area contributed by atoms with E-state index in [2.05, 4.69) is 188 Å². The van der Waals surface area contributed by atoms with E-state index in [0.29, 0.717) is 5.82 Å².